The highest BCUT2D eigenvalue weighted by molar-refractivity contribution is 7.92. The highest BCUT2D eigenvalue weighted by atomic mass is 32.2. The standard InChI is InChI=1S/C26H28N4O6S/c1-19(2)22-8-12-23(13-9-22)29(37(3,34)35)17-26(31)28-27-16-20-6-14-25(15-7-20)36-18-21-4-10-24(11-5-21)30(32)33/h4-16,19H,17-18H2,1-3H3,(H,28,31)/b27-16-. The Morgan fingerprint density at radius 3 is 2.22 bits per heavy atom. The van der Waals surface area contributed by atoms with E-state index in [2.05, 4.69) is 10.5 Å². The van der Waals surface area contributed by atoms with Gasteiger partial charge in [0.25, 0.3) is 11.6 Å². The first-order valence-corrected chi connectivity index (χ1v) is 13.2. The Kier molecular flexibility index (Phi) is 8.96. The number of anilines is 1. The van der Waals surface area contributed by atoms with Crippen LogP contribution in [0, 0.1) is 10.1 Å². The first-order chi connectivity index (χ1) is 17.5. The number of nitro groups is 1. The topological polar surface area (TPSA) is 131 Å². The summed E-state index contributed by atoms with van der Waals surface area (Å²) in [7, 11) is -3.68. The minimum Gasteiger partial charge on any atom is -0.489 e. The van der Waals surface area contributed by atoms with E-state index >= 15 is 0 Å². The molecule has 0 saturated carbocycles. The van der Waals surface area contributed by atoms with Crippen LogP contribution in [0.3, 0.4) is 0 Å². The number of benzene rings is 3. The van der Waals surface area contributed by atoms with Crippen molar-refractivity contribution in [1.29, 1.82) is 0 Å². The van der Waals surface area contributed by atoms with Crippen molar-refractivity contribution in [2.45, 2.75) is 26.4 Å². The molecule has 37 heavy (non-hydrogen) atoms. The van der Waals surface area contributed by atoms with Crippen LogP contribution < -0.4 is 14.5 Å². The zero-order valence-corrected chi connectivity index (χ0v) is 21.5. The summed E-state index contributed by atoms with van der Waals surface area (Å²) in [6.45, 7) is 3.92. The van der Waals surface area contributed by atoms with E-state index in [0.29, 0.717) is 22.9 Å². The summed E-state index contributed by atoms with van der Waals surface area (Å²) in [5, 5.41) is 14.6. The molecular weight excluding hydrogens is 496 g/mol. The molecule has 0 spiro atoms. The fraction of sp³-hybridized carbons (Fsp3) is 0.231. The minimum atomic E-state index is -3.68. The van der Waals surface area contributed by atoms with Gasteiger partial charge in [0.05, 0.1) is 23.1 Å². The lowest BCUT2D eigenvalue weighted by Crippen LogP contribution is -2.39. The maximum atomic E-state index is 12.4. The summed E-state index contributed by atoms with van der Waals surface area (Å²) in [5.74, 6) is 0.304. The molecule has 0 aliphatic heterocycles. The van der Waals surface area contributed by atoms with Crippen molar-refractivity contribution in [3.8, 4) is 5.75 Å². The van der Waals surface area contributed by atoms with E-state index in [1.54, 1.807) is 48.5 Å². The Balaban J connectivity index is 1.53. The van der Waals surface area contributed by atoms with Crippen LogP contribution in [0.1, 0.15) is 36.5 Å². The van der Waals surface area contributed by atoms with Crippen LogP contribution in [-0.2, 0) is 21.4 Å². The quantitative estimate of drug-likeness (QED) is 0.227. The first kappa shape index (κ1) is 27.3. The molecule has 194 valence electrons. The third kappa shape index (κ3) is 8.14. The van der Waals surface area contributed by atoms with Gasteiger partial charge in [-0.2, -0.15) is 5.10 Å². The van der Waals surface area contributed by atoms with Gasteiger partial charge in [-0.25, -0.2) is 13.8 Å². The predicted molar refractivity (Wildman–Crippen MR) is 142 cm³/mol. The minimum absolute atomic E-state index is 0.0174. The van der Waals surface area contributed by atoms with Crippen LogP contribution in [0.2, 0.25) is 0 Å². The molecule has 0 aromatic heterocycles. The fourth-order valence-corrected chi connectivity index (χ4v) is 4.16. The molecule has 0 heterocycles. The molecular formula is C26H28N4O6S. The van der Waals surface area contributed by atoms with Gasteiger partial charge in [0, 0.05) is 12.1 Å². The average molecular weight is 525 g/mol. The van der Waals surface area contributed by atoms with E-state index in [4.69, 9.17) is 4.74 Å². The molecule has 0 aliphatic rings. The number of hydrogen-bond acceptors (Lipinski definition) is 7. The van der Waals surface area contributed by atoms with Crippen molar-refractivity contribution < 1.29 is 22.9 Å². The molecule has 0 atom stereocenters. The van der Waals surface area contributed by atoms with Gasteiger partial charge < -0.3 is 4.74 Å². The number of ether oxygens (including phenoxy) is 1. The van der Waals surface area contributed by atoms with Gasteiger partial charge in [0.2, 0.25) is 10.0 Å². The summed E-state index contributed by atoms with van der Waals surface area (Å²) in [6, 6.07) is 20.1. The monoisotopic (exact) mass is 524 g/mol. The van der Waals surface area contributed by atoms with Crippen molar-refractivity contribution in [3.05, 3.63) is 99.6 Å². The molecule has 0 unspecified atom stereocenters. The molecule has 0 aliphatic carbocycles. The van der Waals surface area contributed by atoms with E-state index in [0.717, 1.165) is 21.7 Å². The summed E-state index contributed by atoms with van der Waals surface area (Å²) in [4.78, 5) is 22.6. The van der Waals surface area contributed by atoms with E-state index < -0.39 is 27.4 Å². The Bertz CT molecular complexity index is 1350. The van der Waals surface area contributed by atoms with Crippen LogP contribution >= 0.6 is 0 Å². The number of nitrogens with zero attached hydrogens (tertiary/aromatic N) is 3. The molecule has 0 radical (unpaired) electrons. The van der Waals surface area contributed by atoms with Crippen molar-refractivity contribution in [3.63, 3.8) is 0 Å². The largest absolute Gasteiger partial charge is 0.489 e. The van der Waals surface area contributed by atoms with Crippen LogP contribution in [0.15, 0.2) is 77.9 Å². The van der Waals surface area contributed by atoms with Crippen LogP contribution in [-0.4, -0.2) is 38.3 Å². The second-order valence-electron chi connectivity index (χ2n) is 8.59. The van der Waals surface area contributed by atoms with Crippen LogP contribution in [0.5, 0.6) is 5.75 Å². The second kappa shape index (κ2) is 12.1. The van der Waals surface area contributed by atoms with Gasteiger partial charge in [-0.05, 0) is 71.1 Å². The summed E-state index contributed by atoms with van der Waals surface area (Å²) < 4.78 is 31.2. The van der Waals surface area contributed by atoms with E-state index in [1.807, 2.05) is 26.0 Å². The van der Waals surface area contributed by atoms with Gasteiger partial charge >= 0.3 is 0 Å². The number of hydrazone groups is 1. The number of carbonyl (C=O) groups excluding carboxylic acids is 1. The zero-order chi connectivity index (χ0) is 27.0. The first-order valence-electron chi connectivity index (χ1n) is 11.4. The number of sulfonamides is 1. The molecule has 0 saturated heterocycles. The average Bonchev–Trinajstić information content (AvgIpc) is 2.86. The van der Waals surface area contributed by atoms with E-state index in [1.165, 1.54) is 18.3 Å². The molecule has 1 amide bonds. The predicted octanol–water partition coefficient (Wildman–Crippen LogP) is 4.21. The normalized spacial score (nSPS) is 11.5. The van der Waals surface area contributed by atoms with Crippen molar-refractivity contribution >= 4 is 33.5 Å². The molecule has 1 N–H and O–H groups in total. The van der Waals surface area contributed by atoms with E-state index in [9.17, 15) is 23.3 Å². The summed E-state index contributed by atoms with van der Waals surface area (Å²) in [5.41, 5.74) is 5.31. The molecule has 0 bridgehead atoms. The van der Waals surface area contributed by atoms with Crippen LogP contribution in [0.25, 0.3) is 0 Å². The highest BCUT2D eigenvalue weighted by Gasteiger charge is 2.20. The number of carbonyl (C=O) groups is 1. The number of non-ortho nitro benzene ring substituents is 1. The lowest BCUT2D eigenvalue weighted by molar-refractivity contribution is -0.384. The van der Waals surface area contributed by atoms with Gasteiger partial charge in [0.1, 0.15) is 18.9 Å². The summed E-state index contributed by atoms with van der Waals surface area (Å²) >= 11 is 0. The molecule has 0 fully saturated rings. The number of hydrogen-bond donors (Lipinski definition) is 1. The molecule has 3 rings (SSSR count). The van der Waals surface area contributed by atoms with Gasteiger partial charge in [-0.1, -0.05) is 26.0 Å². The maximum Gasteiger partial charge on any atom is 0.269 e. The Labute approximate surface area is 215 Å². The van der Waals surface area contributed by atoms with Crippen molar-refractivity contribution in [1.82, 2.24) is 5.43 Å². The third-order valence-electron chi connectivity index (χ3n) is 5.37. The number of nitrogens with one attached hydrogen (secondary N) is 1. The van der Waals surface area contributed by atoms with Crippen molar-refractivity contribution in [2.75, 3.05) is 17.1 Å². The Hall–Kier alpha value is -4.25. The molecule has 10 nitrogen and oxygen atoms in total. The molecule has 11 heteroatoms. The van der Waals surface area contributed by atoms with Crippen molar-refractivity contribution in [2.24, 2.45) is 5.10 Å². The Morgan fingerprint density at radius 2 is 1.68 bits per heavy atom. The van der Waals surface area contributed by atoms with Gasteiger partial charge in [-0.15, -0.1) is 0 Å². The molecule has 3 aromatic rings. The van der Waals surface area contributed by atoms with Gasteiger partial charge in [-0.3, -0.25) is 19.2 Å². The lowest BCUT2D eigenvalue weighted by atomic mass is 10.0. The maximum absolute atomic E-state index is 12.4. The smallest absolute Gasteiger partial charge is 0.269 e. The molecule has 3 aromatic carbocycles. The number of amides is 1. The van der Waals surface area contributed by atoms with Crippen LogP contribution in [0.4, 0.5) is 11.4 Å². The summed E-state index contributed by atoms with van der Waals surface area (Å²) in [6.07, 6.45) is 2.48. The second-order valence-corrected chi connectivity index (χ2v) is 10.5. The zero-order valence-electron chi connectivity index (χ0n) is 20.7. The van der Waals surface area contributed by atoms with E-state index in [-0.39, 0.29) is 12.3 Å². The SMILES string of the molecule is CC(C)c1ccc(N(CC(=O)N/N=C\c2ccc(OCc3ccc([N+](=O)[O-])cc3)cc2)S(C)(=O)=O)cc1. The Morgan fingerprint density at radius 1 is 1.05 bits per heavy atom. The number of rotatable bonds is 11. The highest BCUT2D eigenvalue weighted by Crippen LogP contribution is 2.22. The number of nitro benzene ring substituents is 1. The van der Waals surface area contributed by atoms with Gasteiger partial charge in [0.15, 0.2) is 0 Å². The fourth-order valence-electron chi connectivity index (χ4n) is 3.30. The lowest BCUT2D eigenvalue weighted by Gasteiger charge is -2.21. The third-order valence-corrected chi connectivity index (χ3v) is 6.51.